The first-order chi connectivity index (χ1) is 11.0. The number of hydrogen-bond donors (Lipinski definition) is 2. The van der Waals surface area contributed by atoms with Gasteiger partial charge in [0.1, 0.15) is 11.4 Å². The summed E-state index contributed by atoms with van der Waals surface area (Å²) in [4.78, 5) is 12.7. The van der Waals surface area contributed by atoms with E-state index in [1.807, 2.05) is 37.6 Å². The van der Waals surface area contributed by atoms with Crippen LogP contribution in [0.3, 0.4) is 0 Å². The van der Waals surface area contributed by atoms with Crippen LogP contribution < -0.4 is 5.32 Å². The van der Waals surface area contributed by atoms with Crippen molar-refractivity contribution in [3.63, 3.8) is 0 Å². The van der Waals surface area contributed by atoms with Gasteiger partial charge in [-0.3, -0.25) is 9.48 Å². The fourth-order valence-corrected chi connectivity index (χ4v) is 3.38. The third-order valence-electron chi connectivity index (χ3n) is 4.68. The van der Waals surface area contributed by atoms with Crippen molar-refractivity contribution in [3.8, 4) is 5.82 Å². The Hall–Kier alpha value is -2.08. The third-order valence-corrected chi connectivity index (χ3v) is 4.68. The lowest BCUT2D eigenvalue weighted by Crippen LogP contribution is -2.45. The van der Waals surface area contributed by atoms with E-state index in [4.69, 9.17) is 0 Å². The van der Waals surface area contributed by atoms with Gasteiger partial charge in [0.05, 0.1) is 18.3 Å². The average Bonchev–Trinajstić information content (AvgIpc) is 3.04. The Morgan fingerprint density at radius 2 is 1.91 bits per heavy atom. The number of aliphatic hydroxyl groups is 1. The highest BCUT2D eigenvalue weighted by atomic mass is 16.3. The molecule has 0 bridgehead atoms. The molecule has 1 aliphatic carbocycles. The van der Waals surface area contributed by atoms with Crippen LogP contribution in [0.1, 0.15) is 47.4 Å². The van der Waals surface area contributed by atoms with E-state index in [1.54, 1.807) is 10.9 Å². The molecule has 2 atom stereocenters. The predicted molar refractivity (Wildman–Crippen MR) is 87.7 cm³/mol. The van der Waals surface area contributed by atoms with Gasteiger partial charge in [0.15, 0.2) is 0 Å². The van der Waals surface area contributed by atoms with Crippen LogP contribution in [-0.2, 0) is 7.05 Å². The SMILES string of the molecule is Cc1ccc(C)n1-c1c(C(=O)NC2CCCCC2O)cnn1C. The van der Waals surface area contributed by atoms with Crippen molar-refractivity contribution in [2.24, 2.45) is 7.05 Å². The highest BCUT2D eigenvalue weighted by Gasteiger charge is 2.27. The number of hydrogen-bond acceptors (Lipinski definition) is 3. The van der Waals surface area contributed by atoms with Crippen LogP contribution in [-0.4, -0.2) is 37.5 Å². The molecular formula is C17H24N4O2. The van der Waals surface area contributed by atoms with E-state index in [0.717, 1.165) is 42.9 Å². The Kier molecular flexibility index (Phi) is 4.26. The number of nitrogens with zero attached hydrogens (tertiary/aromatic N) is 3. The summed E-state index contributed by atoms with van der Waals surface area (Å²) in [5.74, 6) is 0.583. The molecule has 23 heavy (non-hydrogen) atoms. The molecule has 0 radical (unpaired) electrons. The molecule has 1 amide bonds. The van der Waals surface area contributed by atoms with E-state index in [1.165, 1.54) is 0 Å². The van der Waals surface area contributed by atoms with Gasteiger partial charge in [-0.2, -0.15) is 5.10 Å². The lowest BCUT2D eigenvalue weighted by Gasteiger charge is -2.28. The first-order valence-corrected chi connectivity index (χ1v) is 8.15. The number of carbonyl (C=O) groups excluding carboxylic acids is 1. The second-order valence-electron chi connectivity index (χ2n) is 6.39. The molecule has 2 aromatic heterocycles. The Labute approximate surface area is 136 Å². The molecule has 1 fully saturated rings. The molecule has 2 heterocycles. The van der Waals surface area contributed by atoms with Crippen molar-refractivity contribution < 1.29 is 9.90 Å². The minimum Gasteiger partial charge on any atom is -0.391 e. The molecule has 1 saturated carbocycles. The van der Waals surface area contributed by atoms with Gasteiger partial charge in [0.2, 0.25) is 0 Å². The number of aromatic nitrogens is 3. The van der Waals surface area contributed by atoms with Crippen molar-refractivity contribution in [2.75, 3.05) is 0 Å². The monoisotopic (exact) mass is 316 g/mol. The Morgan fingerprint density at radius 1 is 1.26 bits per heavy atom. The average molecular weight is 316 g/mol. The first-order valence-electron chi connectivity index (χ1n) is 8.15. The highest BCUT2D eigenvalue weighted by molar-refractivity contribution is 5.97. The lowest BCUT2D eigenvalue weighted by atomic mass is 9.92. The summed E-state index contributed by atoms with van der Waals surface area (Å²) in [6.45, 7) is 4.01. The number of aliphatic hydroxyl groups excluding tert-OH is 1. The molecule has 0 saturated heterocycles. The predicted octanol–water partition coefficient (Wildman–Crippen LogP) is 1.86. The molecule has 6 heteroatoms. The minimum atomic E-state index is -0.456. The summed E-state index contributed by atoms with van der Waals surface area (Å²) in [5.41, 5.74) is 2.64. The van der Waals surface area contributed by atoms with Gasteiger partial charge >= 0.3 is 0 Å². The zero-order valence-corrected chi connectivity index (χ0v) is 13.9. The molecule has 124 valence electrons. The molecule has 0 aromatic carbocycles. The molecule has 2 aromatic rings. The topological polar surface area (TPSA) is 72.1 Å². The quantitative estimate of drug-likeness (QED) is 0.908. The maximum atomic E-state index is 12.7. The fraction of sp³-hybridized carbons (Fsp3) is 0.529. The van der Waals surface area contributed by atoms with Gasteiger partial charge in [0.25, 0.3) is 5.91 Å². The zero-order valence-electron chi connectivity index (χ0n) is 13.9. The summed E-state index contributed by atoms with van der Waals surface area (Å²) in [5, 5.41) is 17.3. The van der Waals surface area contributed by atoms with E-state index in [9.17, 15) is 9.90 Å². The van der Waals surface area contributed by atoms with Gasteiger partial charge in [0, 0.05) is 18.4 Å². The first kappa shape index (κ1) is 15.8. The summed E-state index contributed by atoms with van der Waals surface area (Å²) in [7, 11) is 1.83. The molecule has 0 spiro atoms. The smallest absolute Gasteiger partial charge is 0.257 e. The van der Waals surface area contributed by atoms with Crippen molar-refractivity contribution in [2.45, 2.75) is 51.7 Å². The van der Waals surface area contributed by atoms with Gasteiger partial charge < -0.3 is 15.0 Å². The van der Waals surface area contributed by atoms with Crippen LogP contribution in [0.5, 0.6) is 0 Å². The maximum Gasteiger partial charge on any atom is 0.257 e. The van der Waals surface area contributed by atoms with Crippen LogP contribution in [0.2, 0.25) is 0 Å². The van der Waals surface area contributed by atoms with E-state index in [0.29, 0.717) is 5.56 Å². The van der Waals surface area contributed by atoms with Gasteiger partial charge in [-0.05, 0) is 38.8 Å². The summed E-state index contributed by atoms with van der Waals surface area (Å²) in [6, 6.07) is 3.88. The molecule has 2 N–H and O–H groups in total. The maximum absolute atomic E-state index is 12.7. The minimum absolute atomic E-state index is 0.170. The number of amides is 1. The number of rotatable bonds is 3. The summed E-state index contributed by atoms with van der Waals surface area (Å²) >= 11 is 0. The molecule has 3 rings (SSSR count). The Bertz CT molecular complexity index is 697. The standard InChI is InChI=1S/C17H24N4O2/c1-11-8-9-12(2)21(11)17-13(10-18-20(17)3)16(23)19-14-6-4-5-7-15(14)22/h8-10,14-15,22H,4-7H2,1-3H3,(H,19,23). The summed E-state index contributed by atoms with van der Waals surface area (Å²) in [6.07, 6.45) is 4.78. The van der Waals surface area contributed by atoms with Crippen molar-refractivity contribution in [3.05, 3.63) is 35.3 Å². The highest BCUT2D eigenvalue weighted by Crippen LogP contribution is 2.22. The lowest BCUT2D eigenvalue weighted by molar-refractivity contribution is 0.0717. The molecule has 1 aliphatic rings. The van der Waals surface area contributed by atoms with Crippen LogP contribution >= 0.6 is 0 Å². The summed E-state index contributed by atoms with van der Waals surface area (Å²) < 4.78 is 3.74. The number of carbonyl (C=O) groups is 1. The van der Waals surface area contributed by atoms with Gasteiger partial charge in [-0.15, -0.1) is 0 Å². The molecule has 2 unspecified atom stereocenters. The molecular weight excluding hydrogens is 292 g/mol. The Morgan fingerprint density at radius 3 is 2.57 bits per heavy atom. The van der Waals surface area contributed by atoms with Crippen LogP contribution in [0.15, 0.2) is 18.3 Å². The van der Waals surface area contributed by atoms with Crippen LogP contribution in [0, 0.1) is 13.8 Å². The van der Waals surface area contributed by atoms with Crippen molar-refractivity contribution >= 4 is 5.91 Å². The largest absolute Gasteiger partial charge is 0.391 e. The van der Waals surface area contributed by atoms with E-state index < -0.39 is 6.10 Å². The van der Waals surface area contributed by atoms with Crippen LogP contribution in [0.25, 0.3) is 5.82 Å². The van der Waals surface area contributed by atoms with Crippen molar-refractivity contribution in [1.82, 2.24) is 19.7 Å². The second-order valence-corrected chi connectivity index (χ2v) is 6.39. The molecule has 0 aliphatic heterocycles. The fourth-order valence-electron chi connectivity index (χ4n) is 3.38. The van der Waals surface area contributed by atoms with E-state index in [-0.39, 0.29) is 11.9 Å². The number of aryl methyl sites for hydroxylation is 3. The second kappa shape index (κ2) is 6.20. The van der Waals surface area contributed by atoms with Crippen LogP contribution in [0.4, 0.5) is 0 Å². The third kappa shape index (κ3) is 2.91. The van der Waals surface area contributed by atoms with Crippen molar-refractivity contribution in [1.29, 1.82) is 0 Å². The van der Waals surface area contributed by atoms with E-state index in [2.05, 4.69) is 10.4 Å². The van der Waals surface area contributed by atoms with Gasteiger partial charge in [-0.1, -0.05) is 12.8 Å². The Balaban J connectivity index is 1.90. The number of nitrogens with one attached hydrogen (secondary N) is 1. The van der Waals surface area contributed by atoms with E-state index >= 15 is 0 Å². The van der Waals surface area contributed by atoms with Gasteiger partial charge in [-0.25, -0.2) is 0 Å². The normalized spacial score (nSPS) is 21.4. The zero-order chi connectivity index (χ0) is 16.6. The molecule has 6 nitrogen and oxygen atoms in total.